The molecular formula is C18H19FN4O3S. The number of H-pyrrole nitrogens is 1. The number of anilines is 2. The van der Waals surface area contributed by atoms with Gasteiger partial charge in [0.05, 0.1) is 17.0 Å². The van der Waals surface area contributed by atoms with E-state index in [4.69, 9.17) is 4.74 Å². The second-order valence-corrected chi connectivity index (χ2v) is 8.26. The summed E-state index contributed by atoms with van der Waals surface area (Å²) >= 11 is 0. The van der Waals surface area contributed by atoms with Crippen molar-refractivity contribution < 1.29 is 17.5 Å². The van der Waals surface area contributed by atoms with Gasteiger partial charge in [0.2, 0.25) is 10.0 Å². The van der Waals surface area contributed by atoms with E-state index in [0.29, 0.717) is 47.6 Å². The summed E-state index contributed by atoms with van der Waals surface area (Å²) < 4.78 is 46.6. The van der Waals surface area contributed by atoms with Crippen molar-refractivity contribution in [3.63, 3.8) is 0 Å². The van der Waals surface area contributed by atoms with E-state index in [-0.39, 0.29) is 16.8 Å². The maximum absolute atomic E-state index is 13.4. The molecule has 0 aliphatic carbocycles. The summed E-state index contributed by atoms with van der Waals surface area (Å²) in [6.07, 6.45) is 0.657. The number of nitrogens with zero attached hydrogens (tertiary/aromatic N) is 1. The Morgan fingerprint density at radius 2 is 2.11 bits per heavy atom. The number of hydrogen-bond donors (Lipinski definition) is 3. The Balaban J connectivity index is 1.65. The molecule has 2 heterocycles. The van der Waals surface area contributed by atoms with Gasteiger partial charge >= 0.3 is 0 Å². The highest BCUT2D eigenvalue weighted by atomic mass is 32.2. The van der Waals surface area contributed by atoms with Crippen LogP contribution in [0.2, 0.25) is 0 Å². The minimum absolute atomic E-state index is 0.154. The first-order valence-electron chi connectivity index (χ1n) is 8.54. The van der Waals surface area contributed by atoms with Crippen molar-refractivity contribution in [2.75, 3.05) is 18.5 Å². The molecular weight excluding hydrogens is 371 g/mol. The number of ether oxygens (including phenoxy) is 1. The van der Waals surface area contributed by atoms with Gasteiger partial charge in [-0.05, 0) is 55.3 Å². The lowest BCUT2D eigenvalue weighted by molar-refractivity contribution is 0.192. The molecule has 1 aromatic heterocycles. The number of benzene rings is 2. The zero-order valence-electron chi connectivity index (χ0n) is 14.6. The fourth-order valence-corrected chi connectivity index (χ4v) is 4.31. The molecule has 0 radical (unpaired) electrons. The topological polar surface area (TPSA) is 96.1 Å². The molecule has 3 N–H and O–H groups in total. The monoisotopic (exact) mass is 390 g/mol. The summed E-state index contributed by atoms with van der Waals surface area (Å²) in [6.45, 7) is 2.61. The van der Waals surface area contributed by atoms with Gasteiger partial charge in [0, 0.05) is 23.7 Å². The second-order valence-electron chi connectivity index (χ2n) is 6.55. The molecule has 0 saturated carbocycles. The highest BCUT2D eigenvalue weighted by Gasteiger charge is 2.24. The first-order chi connectivity index (χ1) is 12.9. The van der Waals surface area contributed by atoms with Crippen LogP contribution in [0.5, 0.6) is 0 Å². The van der Waals surface area contributed by atoms with Crippen LogP contribution in [0.4, 0.5) is 15.9 Å². The van der Waals surface area contributed by atoms with Crippen LogP contribution in [0.1, 0.15) is 12.0 Å². The van der Waals surface area contributed by atoms with Crippen LogP contribution in [0.25, 0.3) is 10.9 Å². The Morgan fingerprint density at radius 1 is 1.26 bits per heavy atom. The van der Waals surface area contributed by atoms with Crippen molar-refractivity contribution in [2.45, 2.75) is 24.3 Å². The lowest BCUT2D eigenvalue weighted by atomic mass is 10.2. The number of aromatic amines is 1. The molecule has 27 heavy (non-hydrogen) atoms. The van der Waals surface area contributed by atoms with Gasteiger partial charge in [-0.2, -0.15) is 5.10 Å². The van der Waals surface area contributed by atoms with Crippen LogP contribution >= 0.6 is 0 Å². The molecule has 4 rings (SSSR count). The van der Waals surface area contributed by atoms with E-state index in [1.165, 1.54) is 12.1 Å². The quantitative estimate of drug-likeness (QED) is 0.623. The SMILES string of the molecule is Cc1cc(Nc2n[nH]c3ccc(S(=O)(=O)N[C@H]4CCOC4)cc23)ccc1F. The average Bonchev–Trinajstić information content (AvgIpc) is 3.27. The van der Waals surface area contributed by atoms with Crippen molar-refractivity contribution in [1.29, 1.82) is 0 Å². The Hall–Kier alpha value is -2.49. The molecule has 0 bridgehead atoms. The predicted octanol–water partition coefficient (Wildman–Crippen LogP) is 2.82. The van der Waals surface area contributed by atoms with Crippen LogP contribution in [0, 0.1) is 12.7 Å². The van der Waals surface area contributed by atoms with Gasteiger partial charge in [-0.1, -0.05) is 0 Å². The molecule has 3 aromatic rings. The third-order valence-electron chi connectivity index (χ3n) is 4.52. The van der Waals surface area contributed by atoms with Crippen molar-refractivity contribution in [2.24, 2.45) is 0 Å². The van der Waals surface area contributed by atoms with E-state index in [2.05, 4.69) is 20.2 Å². The van der Waals surface area contributed by atoms with E-state index in [0.717, 1.165) is 0 Å². The van der Waals surface area contributed by atoms with Gasteiger partial charge in [-0.25, -0.2) is 17.5 Å². The highest BCUT2D eigenvalue weighted by molar-refractivity contribution is 7.89. The van der Waals surface area contributed by atoms with Crippen molar-refractivity contribution in [3.8, 4) is 0 Å². The molecule has 1 aliphatic heterocycles. The predicted molar refractivity (Wildman–Crippen MR) is 100 cm³/mol. The van der Waals surface area contributed by atoms with Crippen LogP contribution in [-0.2, 0) is 14.8 Å². The lowest BCUT2D eigenvalue weighted by Crippen LogP contribution is -2.34. The number of fused-ring (bicyclic) bond motifs is 1. The molecule has 0 unspecified atom stereocenters. The van der Waals surface area contributed by atoms with Gasteiger partial charge in [0.1, 0.15) is 5.82 Å². The van der Waals surface area contributed by atoms with E-state index in [1.54, 1.807) is 31.2 Å². The summed E-state index contributed by atoms with van der Waals surface area (Å²) in [7, 11) is -3.66. The largest absolute Gasteiger partial charge is 0.380 e. The zero-order chi connectivity index (χ0) is 19.0. The number of aromatic nitrogens is 2. The van der Waals surface area contributed by atoms with E-state index in [1.807, 2.05) is 0 Å². The van der Waals surface area contributed by atoms with E-state index in [9.17, 15) is 12.8 Å². The highest BCUT2D eigenvalue weighted by Crippen LogP contribution is 2.27. The Morgan fingerprint density at radius 3 is 2.85 bits per heavy atom. The summed E-state index contributed by atoms with van der Waals surface area (Å²) in [6, 6.07) is 9.19. The molecule has 1 atom stereocenters. The number of nitrogens with one attached hydrogen (secondary N) is 3. The first kappa shape index (κ1) is 17.9. The molecule has 1 aliphatic rings. The van der Waals surface area contributed by atoms with E-state index >= 15 is 0 Å². The average molecular weight is 390 g/mol. The fraction of sp³-hybridized carbons (Fsp3) is 0.278. The number of halogens is 1. The van der Waals surface area contributed by atoms with Gasteiger partial charge in [0.25, 0.3) is 0 Å². The summed E-state index contributed by atoms with van der Waals surface area (Å²) in [4.78, 5) is 0.154. The third kappa shape index (κ3) is 3.66. The molecule has 2 aromatic carbocycles. The molecule has 7 nitrogen and oxygen atoms in total. The molecule has 1 saturated heterocycles. The van der Waals surface area contributed by atoms with Gasteiger partial charge in [0.15, 0.2) is 5.82 Å². The molecule has 0 amide bonds. The zero-order valence-corrected chi connectivity index (χ0v) is 15.4. The second kappa shape index (κ2) is 6.91. The third-order valence-corrected chi connectivity index (χ3v) is 6.03. The fourth-order valence-electron chi connectivity index (χ4n) is 3.03. The van der Waals surface area contributed by atoms with Gasteiger partial charge in [-0.15, -0.1) is 0 Å². The smallest absolute Gasteiger partial charge is 0.240 e. The standard InChI is InChI=1S/C18H19FN4O3S/c1-11-8-12(2-4-16(11)19)20-18-15-9-14(3-5-17(15)21-22-18)27(24,25)23-13-6-7-26-10-13/h2-5,8-9,13,23H,6-7,10H2,1H3,(H2,20,21,22)/t13-/m0/s1. The number of rotatable bonds is 5. The van der Waals surface area contributed by atoms with Crippen LogP contribution in [-0.4, -0.2) is 37.9 Å². The summed E-state index contributed by atoms with van der Waals surface area (Å²) in [5.74, 6) is 0.181. The number of aryl methyl sites for hydroxylation is 1. The summed E-state index contributed by atoms with van der Waals surface area (Å²) in [5.41, 5.74) is 1.86. The van der Waals surface area contributed by atoms with Crippen molar-refractivity contribution in [3.05, 3.63) is 47.8 Å². The van der Waals surface area contributed by atoms with E-state index < -0.39 is 10.0 Å². The summed E-state index contributed by atoms with van der Waals surface area (Å²) in [5, 5.41) is 10.8. The minimum Gasteiger partial charge on any atom is -0.380 e. The normalized spacial score (nSPS) is 17.5. The Bertz CT molecular complexity index is 1090. The van der Waals surface area contributed by atoms with Crippen molar-refractivity contribution >= 4 is 32.4 Å². The first-order valence-corrected chi connectivity index (χ1v) is 10.0. The minimum atomic E-state index is -3.66. The maximum Gasteiger partial charge on any atom is 0.240 e. The van der Waals surface area contributed by atoms with Crippen LogP contribution in [0.15, 0.2) is 41.3 Å². The lowest BCUT2D eigenvalue weighted by Gasteiger charge is -2.11. The van der Waals surface area contributed by atoms with Crippen LogP contribution in [0.3, 0.4) is 0 Å². The number of sulfonamides is 1. The maximum atomic E-state index is 13.4. The molecule has 9 heteroatoms. The van der Waals surface area contributed by atoms with Crippen molar-refractivity contribution in [1.82, 2.24) is 14.9 Å². The number of hydrogen-bond acceptors (Lipinski definition) is 5. The molecule has 0 spiro atoms. The van der Waals surface area contributed by atoms with Gasteiger partial charge < -0.3 is 10.1 Å². The molecule has 142 valence electrons. The van der Waals surface area contributed by atoms with Gasteiger partial charge in [-0.3, -0.25) is 5.10 Å². The molecule has 1 fully saturated rings. The Kier molecular flexibility index (Phi) is 4.58. The van der Waals surface area contributed by atoms with Crippen LogP contribution < -0.4 is 10.0 Å². The Labute approximate surface area is 156 Å².